The first-order valence-electron chi connectivity index (χ1n) is 8.24. The predicted octanol–water partition coefficient (Wildman–Crippen LogP) is 2.24. The molecule has 160 valence electrons. The number of nitrogens with zero attached hydrogens (tertiary/aromatic N) is 5. The van der Waals surface area contributed by atoms with E-state index in [-0.39, 0.29) is 28.1 Å². The molecule has 14 nitrogen and oxygen atoms in total. The van der Waals surface area contributed by atoms with Crippen LogP contribution in [0.2, 0.25) is 0 Å². The van der Waals surface area contributed by atoms with Crippen molar-refractivity contribution in [2.75, 3.05) is 17.1 Å². The number of nitrogens with one attached hydrogen (secondary N) is 2. The van der Waals surface area contributed by atoms with Crippen molar-refractivity contribution in [3.05, 3.63) is 69.2 Å². The van der Waals surface area contributed by atoms with Gasteiger partial charge < -0.3 is 10.1 Å². The molecule has 0 bridgehead atoms. The van der Waals surface area contributed by atoms with Gasteiger partial charge in [0.15, 0.2) is 0 Å². The van der Waals surface area contributed by atoms with Crippen molar-refractivity contribution >= 4 is 38.7 Å². The second-order valence-electron chi connectivity index (χ2n) is 5.78. The Hall–Kier alpha value is -4.40. The SMILES string of the molecule is COc1cc(NS(=O)(=O)c2ccc(Nc3ncc([N+](=O)[O-])cc3[N+](=O)[O-])cc2)ncn1. The maximum absolute atomic E-state index is 12.5. The van der Waals surface area contributed by atoms with Crippen molar-refractivity contribution in [1.82, 2.24) is 15.0 Å². The van der Waals surface area contributed by atoms with Gasteiger partial charge in [0.2, 0.25) is 11.7 Å². The number of anilines is 3. The smallest absolute Gasteiger partial charge is 0.318 e. The Morgan fingerprint density at radius 1 is 1.00 bits per heavy atom. The molecule has 0 aliphatic carbocycles. The van der Waals surface area contributed by atoms with Crippen molar-refractivity contribution in [3.8, 4) is 5.88 Å². The largest absolute Gasteiger partial charge is 0.481 e. The summed E-state index contributed by atoms with van der Waals surface area (Å²) in [5.41, 5.74) is -0.872. The van der Waals surface area contributed by atoms with Crippen molar-refractivity contribution < 1.29 is 23.0 Å². The minimum atomic E-state index is -3.99. The van der Waals surface area contributed by atoms with Crippen LogP contribution in [-0.4, -0.2) is 40.3 Å². The number of pyridine rings is 1. The number of aromatic nitrogens is 3. The van der Waals surface area contributed by atoms with E-state index in [2.05, 4.69) is 25.0 Å². The number of sulfonamides is 1. The Kier molecular flexibility index (Phi) is 5.87. The molecule has 3 rings (SSSR count). The number of hydrogen-bond acceptors (Lipinski definition) is 11. The van der Waals surface area contributed by atoms with E-state index in [1.165, 1.54) is 37.4 Å². The van der Waals surface area contributed by atoms with Gasteiger partial charge in [0.25, 0.3) is 15.7 Å². The third kappa shape index (κ3) is 4.96. The van der Waals surface area contributed by atoms with Gasteiger partial charge in [-0.3, -0.25) is 25.0 Å². The number of benzene rings is 1. The summed E-state index contributed by atoms with van der Waals surface area (Å²) in [6, 6.07) is 7.27. The summed E-state index contributed by atoms with van der Waals surface area (Å²) in [6.07, 6.45) is 2.00. The molecule has 0 saturated carbocycles. The topological polar surface area (TPSA) is 192 Å². The van der Waals surface area contributed by atoms with Crippen molar-refractivity contribution in [3.63, 3.8) is 0 Å². The first-order chi connectivity index (χ1) is 14.7. The van der Waals surface area contributed by atoms with E-state index < -0.39 is 31.2 Å². The number of hydrogen-bond donors (Lipinski definition) is 2. The normalized spacial score (nSPS) is 10.9. The highest BCUT2D eigenvalue weighted by Gasteiger charge is 2.21. The molecule has 15 heteroatoms. The van der Waals surface area contributed by atoms with E-state index in [1.807, 2.05) is 0 Å². The highest BCUT2D eigenvalue weighted by atomic mass is 32.2. The quantitative estimate of drug-likeness (QED) is 0.380. The summed E-state index contributed by atoms with van der Waals surface area (Å²) in [6.45, 7) is 0. The molecule has 0 atom stereocenters. The lowest BCUT2D eigenvalue weighted by Gasteiger charge is -2.09. The molecule has 0 spiro atoms. The second-order valence-corrected chi connectivity index (χ2v) is 7.46. The van der Waals surface area contributed by atoms with E-state index in [1.54, 1.807) is 0 Å². The van der Waals surface area contributed by atoms with Gasteiger partial charge in [-0.2, -0.15) is 0 Å². The lowest BCUT2D eigenvalue weighted by Crippen LogP contribution is -2.14. The van der Waals surface area contributed by atoms with E-state index in [0.717, 1.165) is 18.6 Å². The van der Waals surface area contributed by atoms with Gasteiger partial charge in [0.05, 0.1) is 27.9 Å². The number of ether oxygens (including phenoxy) is 1. The number of nitro groups is 2. The van der Waals surface area contributed by atoms with Gasteiger partial charge in [0, 0.05) is 11.8 Å². The molecule has 31 heavy (non-hydrogen) atoms. The van der Waals surface area contributed by atoms with Gasteiger partial charge in [-0.1, -0.05) is 0 Å². The number of rotatable bonds is 8. The van der Waals surface area contributed by atoms with Crippen LogP contribution < -0.4 is 14.8 Å². The van der Waals surface area contributed by atoms with E-state index >= 15 is 0 Å². The van der Waals surface area contributed by atoms with E-state index in [0.29, 0.717) is 0 Å². The highest BCUT2D eigenvalue weighted by Crippen LogP contribution is 2.29. The molecule has 2 aromatic heterocycles. The van der Waals surface area contributed by atoms with Crippen LogP contribution in [-0.2, 0) is 10.0 Å². The van der Waals surface area contributed by atoms with Crippen LogP contribution in [0.15, 0.2) is 53.8 Å². The van der Waals surface area contributed by atoms with Crippen LogP contribution in [0.3, 0.4) is 0 Å². The average molecular weight is 447 g/mol. The Labute approximate surface area is 174 Å². The fourth-order valence-corrected chi connectivity index (χ4v) is 3.33. The molecule has 0 unspecified atom stereocenters. The average Bonchev–Trinajstić information content (AvgIpc) is 2.74. The molecule has 0 amide bonds. The van der Waals surface area contributed by atoms with E-state index in [4.69, 9.17) is 4.74 Å². The van der Waals surface area contributed by atoms with Crippen LogP contribution in [0.4, 0.5) is 28.7 Å². The second kappa shape index (κ2) is 8.54. The fourth-order valence-electron chi connectivity index (χ4n) is 2.34. The predicted molar refractivity (Wildman–Crippen MR) is 107 cm³/mol. The van der Waals surface area contributed by atoms with Gasteiger partial charge in [-0.05, 0) is 24.3 Å². The highest BCUT2D eigenvalue weighted by molar-refractivity contribution is 7.92. The van der Waals surface area contributed by atoms with Gasteiger partial charge in [0.1, 0.15) is 18.3 Å². The molecule has 0 saturated heterocycles. The molecule has 0 radical (unpaired) electrons. The lowest BCUT2D eigenvalue weighted by molar-refractivity contribution is -0.394. The summed E-state index contributed by atoms with van der Waals surface area (Å²) >= 11 is 0. The van der Waals surface area contributed by atoms with Crippen LogP contribution in [0, 0.1) is 20.2 Å². The standard InChI is InChI=1S/C16H13N7O7S/c1-30-15-7-14(18-9-19-15)21-31(28,29)12-4-2-10(3-5-12)20-16-13(23(26)27)6-11(8-17-16)22(24)25/h2-9H,1H3,(H,17,20)(H,18,19,21). The van der Waals surface area contributed by atoms with Crippen LogP contribution in [0.25, 0.3) is 0 Å². The van der Waals surface area contributed by atoms with Crippen molar-refractivity contribution in [1.29, 1.82) is 0 Å². The summed E-state index contributed by atoms with van der Waals surface area (Å²) in [4.78, 5) is 31.5. The first kappa shape index (κ1) is 21.3. The summed E-state index contributed by atoms with van der Waals surface area (Å²) in [5, 5.41) is 24.6. The van der Waals surface area contributed by atoms with Crippen molar-refractivity contribution in [2.24, 2.45) is 0 Å². The molecule has 2 N–H and O–H groups in total. The van der Waals surface area contributed by atoms with E-state index in [9.17, 15) is 28.6 Å². The molecule has 2 heterocycles. The molecule has 0 fully saturated rings. The Morgan fingerprint density at radius 2 is 1.71 bits per heavy atom. The molecule has 0 aliphatic heterocycles. The maximum Gasteiger partial charge on any atom is 0.318 e. The molecular formula is C16H13N7O7S. The Bertz CT molecular complexity index is 1250. The molecule has 1 aromatic carbocycles. The van der Waals surface area contributed by atoms with Crippen LogP contribution >= 0.6 is 0 Å². The minimum absolute atomic E-state index is 0.000226. The Morgan fingerprint density at radius 3 is 2.32 bits per heavy atom. The zero-order chi connectivity index (χ0) is 22.6. The van der Waals surface area contributed by atoms with Crippen molar-refractivity contribution in [2.45, 2.75) is 4.90 Å². The molecule has 3 aromatic rings. The summed E-state index contributed by atoms with van der Waals surface area (Å²) in [5.74, 6) is -0.0680. The minimum Gasteiger partial charge on any atom is -0.481 e. The maximum atomic E-state index is 12.5. The van der Waals surface area contributed by atoms with Gasteiger partial charge in [-0.25, -0.2) is 23.4 Å². The molecule has 0 aliphatic rings. The first-order valence-corrected chi connectivity index (χ1v) is 9.72. The third-order valence-electron chi connectivity index (χ3n) is 3.78. The monoisotopic (exact) mass is 447 g/mol. The fraction of sp³-hybridized carbons (Fsp3) is 0.0625. The summed E-state index contributed by atoms with van der Waals surface area (Å²) < 4.78 is 32.2. The lowest BCUT2D eigenvalue weighted by atomic mass is 10.3. The van der Waals surface area contributed by atoms with Crippen LogP contribution in [0.5, 0.6) is 5.88 Å². The zero-order valence-electron chi connectivity index (χ0n) is 15.6. The van der Waals surface area contributed by atoms with Gasteiger partial charge >= 0.3 is 5.69 Å². The van der Waals surface area contributed by atoms with Gasteiger partial charge in [-0.15, -0.1) is 0 Å². The number of methoxy groups -OCH3 is 1. The van der Waals surface area contributed by atoms with Crippen LogP contribution in [0.1, 0.15) is 0 Å². The summed E-state index contributed by atoms with van der Waals surface area (Å²) in [7, 11) is -2.62. The zero-order valence-corrected chi connectivity index (χ0v) is 16.4. The Balaban J connectivity index is 1.81. The molecular weight excluding hydrogens is 434 g/mol. The third-order valence-corrected chi connectivity index (χ3v) is 5.15.